The van der Waals surface area contributed by atoms with Crippen LogP contribution in [-0.2, 0) is 22.6 Å². The van der Waals surface area contributed by atoms with Crippen molar-refractivity contribution in [3.63, 3.8) is 0 Å². The van der Waals surface area contributed by atoms with Gasteiger partial charge in [-0.1, -0.05) is 22.0 Å². The first-order chi connectivity index (χ1) is 17.2. The number of rotatable bonds is 8. The fourth-order valence-electron chi connectivity index (χ4n) is 3.09. The highest BCUT2D eigenvalue weighted by atomic mass is 79.9. The summed E-state index contributed by atoms with van der Waals surface area (Å²) in [6.07, 6.45) is 1.33. The van der Waals surface area contributed by atoms with Crippen molar-refractivity contribution in [2.75, 3.05) is 0 Å². The van der Waals surface area contributed by atoms with Crippen LogP contribution in [0.1, 0.15) is 18.4 Å². The molecule has 4 aromatic rings. The number of hydrogen-bond donors (Lipinski definition) is 2. The minimum atomic E-state index is -0.772. The summed E-state index contributed by atoms with van der Waals surface area (Å²) in [6, 6.07) is 12.8. The average molecular weight is 539 g/mol. The maximum absolute atomic E-state index is 12.6. The summed E-state index contributed by atoms with van der Waals surface area (Å²) in [5.41, 5.74) is 7.19. The van der Waals surface area contributed by atoms with E-state index in [4.69, 9.17) is 21.7 Å². The Balaban J connectivity index is 1.60. The molecule has 0 saturated heterocycles. The van der Waals surface area contributed by atoms with E-state index in [0.29, 0.717) is 28.0 Å². The Bertz CT molecular complexity index is 1520. The van der Waals surface area contributed by atoms with Crippen LogP contribution in [0.2, 0.25) is 0 Å². The van der Waals surface area contributed by atoms with Crippen molar-refractivity contribution >= 4 is 55.8 Å². The van der Waals surface area contributed by atoms with Crippen LogP contribution in [0, 0.1) is 15.5 Å². The molecule has 35 heavy (non-hydrogen) atoms. The highest BCUT2D eigenvalue weighted by molar-refractivity contribution is 9.10. The number of amidine groups is 1. The molecule has 0 spiro atoms. The van der Waals surface area contributed by atoms with Gasteiger partial charge < -0.3 is 14.9 Å². The predicted molar refractivity (Wildman–Crippen MR) is 130 cm³/mol. The lowest BCUT2D eigenvalue weighted by atomic mass is 10.1. The molecule has 2 aromatic heterocycles. The molecule has 0 radical (unpaired) electrons. The van der Waals surface area contributed by atoms with Gasteiger partial charge in [0.15, 0.2) is 0 Å². The number of pyridine rings is 1. The molecule has 12 heteroatoms. The van der Waals surface area contributed by atoms with Crippen LogP contribution in [0.15, 0.2) is 79.9 Å². The number of nitrogens with zero attached hydrogens (tertiary/aromatic N) is 4. The summed E-state index contributed by atoms with van der Waals surface area (Å²) in [4.78, 5) is 26.9. The van der Waals surface area contributed by atoms with Crippen LogP contribution in [0.3, 0.4) is 0 Å². The van der Waals surface area contributed by atoms with Crippen LogP contribution in [-0.4, -0.2) is 21.7 Å². The van der Waals surface area contributed by atoms with Crippen LogP contribution >= 0.6 is 15.9 Å². The van der Waals surface area contributed by atoms with E-state index in [1.165, 1.54) is 0 Å². The number of nitrogen functional groups attached to an aromatic ring is 1. The molecule has 0 atom stereocenters. The molecule has 3 N–H and O–H groups in total. The maximum atomic E-state index is 12.6. The quantitative estimate of drug-likeness (QED) is 0.0745. The number of esters is 1. The number of carbonyl (C=O) groups excluding carboxylic acids is 1. The number of halogens is 1. The van der Waals surface area contributed by atoms with Crippen molar-refractivity contribution in [1.82, 2.24) is 4.98 Å². The summed E-state index contributed by atoms with van der Waals surface area (Å²) in [6.45, 7) is -0.440. The molecule has 0 bridgehead atoms. The lowest BCUT2D eigenvalue weighted by molar-refractivity contribution is -0.402. The van der Waals surface area contributed by atoms with Crippen molar-refractivity contribution in [3.8, 4) is 0 Å². The molecular formula is C23H17BrN6O5. The standard InChI is InChI=1S/C23H17BrN6O5/c24-15-4-1-14-11-27-19(10-21(31)34-12-17-7-8-20(35-17)30(32)33)22(18(14)9-15)29-28-16-5-2-13(3-6-16)23(25)26/h1-9,11H,10,12H2,(H3,25,26)/i7T. The number of nitrogens with one attached hydrogen (secondary N) is 1. The first-order valence-electron chi connectivity index (χ1n) is 10.5. The molecule has 11 nitrogen and oxygen atoms in total. The van der Waals surface area contributed by atoms with E-state index in [1.54, 1.807) is 30.5 Å². The van der Waals surface area contributed by atoms with Gasteiger partial charge in [-0.05, 0) is 42.4 Å². The largest absolute Gasteiger partial charge is 0.457 e. The lowest BCUT2D eigenvalue weighted by Gasteiger charge is -2.08. The van der Waals surface area contributed by atoms with Gasteiger partial charge in [0.05, 0.1) is 25.2 Å². The first-order valence-corrected chi connectivity index (χ1v) is 10.8. The molecule has 0 unspecified atom stereocenters. The second kappa shape index (κ2) is 10.2. The number of furan rings is 1. The van der Waals surface area contributed by atoms with Crippen molar-refractivity contribution in [1.29, 1.82) is 5.41 Å². The topological polar surface area (TPSA) is 170 Å². The van der Waals surface area contributed by atoms with Crippen LogP contribution in [0.25, 0.3) is 10.8 Å². The van der Waals surface area contributed by atoms with E-state index in [9.17, 15) is 14.9 Å². The maximum Gasteiger partial charge on any atom is 0.433 e. The Labute approximate surface area is 207 Å². The zero-order valence-corrected chi connectivity index (χ0v) is 19.5. The molecule has 0 aliphatic carbocycles. The summed E-state index contributed by atoms with van der Waals surface area (Å²) in [5, 5.41) is 28.4. The highest BCUT2D eigenvalue weighted by Gasteiger charge is 2.17. The van der Waals surface area contributed by atoms with Gasteiger partial charge in [-0.2, -0.15) is 5.11 Å². The van der Waals surface area contributed by atoms with Crippen molar-refractivity contribution in [3.05, 3.63) is 92.4 Å². The third kappa shape index (κ3) is 5.73. The zero-order chi connectivity index (χ0) is 25.8. The van der Waals surface area contributed by atoms with Crippen LogP contribution in [0.5, 0.6) is 0 Å². The minimum Gasteiger partial charge on any atom is -0.457 e. The van der Waals surface area contributed by atoms with Gasteiger partial charge in [-0.25, -0.2) is 0 Å². The smallest absolute Gasteiger partial charge is 0.433 e. The predicted octanol–water partition coefficient (Wildman–Crippen LogP) is 5.48. The molecular weight excluding hydrogens is 520 g/mol. The Morgan fingerprint density at radius 3 is 2.71 bits per heavy atom. The molecule has 0 fully saturated rings. The summed E-state index contributed by atoms with van der Waals surface area (Å²) in [7, 11) is 0. The fraction of sp³-hybridized carbons (Fsp3) is 0.0870. The normalized spacial score (nSPS) is 11.5. The number of benzene rings is 2. The molecule has 2 heterocycles. The number of aromatic nitrogens is 1. The molecule has 0 aliphatic rings. The van der Waals surface area contributed by atoms with E-state index >= 15 is 0 Å². The fourth-order valence-corrected chi connectivity index (χ4v) is 3.45. The van der Waals surface area contributed by atoms with Gasteiger partial charge in [0.2, 0.25) is 0 Å². The molecule has 176 valence electrons. The number of carbonyl (C=O) groups is 1. The number of nitro groups is 1. The van der Waals surface area contributed by atoms with E-state index in [1.807, 2.05) is 18.2 Å². The minimum absolute atomic E-state index is 0.0657. The van der Waals surface area contributed by atoms with Gasteiger partial charge in [0.25, 0.3) is 0 Å². The Morgan fingerprint density at radius 2 is 2.03 bits per heavy atom. The summed E-state index contributed by atoms with van der Waals surface area (Å²) < 4.78 is 18.6. The van der Waals surface area contributed by atoms with E-state index in [-0.39, 0.29) is 24.1 Å². The molecule has 4 rings (SSSR count). The Kier molecular flexibility index (Phi) is 6.52. The Hall–Kier alpha value is -4.45. The third-order valence-electron chi connectivity index (χ3n) is 4.79. The number of nitrogens with two attached hydrogens (primary N) is 1. The van der Waals surface area contributed by atoms with E-state index in [2.05, 4.69) is 31.1 Å². The van der Waals surface area contributed by atoms with E-state index < -0.39 is 23.4 Å². The number of fused-ring (bicyclic) bond motifs is 1. The highest BCUT2D eigenvalue weighted by Crippen LogP contribution is 2.33. The van der Waals surface area contributed by atoms with Crippen LogP contribution in [0.4, 0.5) is 17.3 Å². The molecule has 0 amide bonds. The summed E-state index contributed by atoms with van der Waals surface area (Å²) >= 11 is 3.44. The molecule has 0 saturated carbocycles. The van der Waals surface area contributed by atoms with Gasteiger partial charge in [0, 0.05) is 27.0 Å². The zero-order valence-electron chi connectivity index (χ0n) is 18.9. The Morgan fingerprint density at radius 1 is 1.26 bits per heavy atom. The monoisotopic (exact) mass is 538 g/mol. The van der Waals surface area contributed by atoms with Gasteiger partial charge in [-0.15, -0.1) is 5.11 Å². The van der Waals surface area contributed by atoms with Gasteiger partial charge in [-0.3, -0.25) is 25.3 Å². The van der Waals surface area contributed by atoms with Crippen LogP contribution < -0.4 is 5.73 Å². The SMILES string of the molecule is [3H]c1cc([N+](=O)[O-])oc1COC(=O)Cc1ncc2ccc(Br)cc2c1N=Nc1ccc(C(=N)N)cc1. The van der Waals surface area contributed by atoms with Gasteiger partial charge >= 0.3 is 11.9 Å². The first kappa shape index (κ1) is 22.3. The molecule has 2 aromatic carbocycles. The summed E-state index contributed by atoms with van der Waals surface area (Å²) in [5.74, 6) is -1.51. The van der Waals surface area contributed by atoms with Crippen molar-refractivity contribution in [2.24, 2.45) is 16.0 Å². The second-order valence-corrected chi connectivity index (χ2v) is 8.11. The average Bonchev–Trinajstić information content (AvgIpc) is 3.23. The number of hydrogen-bond acceptors (Lipinski definition) is 9. The van der Waals surface area contributed by atoms with Crippen molar-refractivity contribution in [2.45, 2.75) is 13.0 Å². The number of azo groups is 1. The number of ether oxygens (including phenoxy) is 1. The third-order valence-corrected chi connectivity index (χ3v) is 5.28. The molecule has 0 aliphatic heterocycles. The van der Waals surface area contributed by atoms with E-state index in [0.717, 1.165) is 15.9 Å². The van der Waals surface area contributed by atoms with Gasteiger partial charge in [0.1, 0.15) is 28.8 Å². The van der Waals surface area contributed by atoms with Crippen molar-refractivity contribution < 1.29 is 20.2 Å². The lowest BCUT2D eigenvalue weighted by Crippen LogP contribution is -2.10. The second-order valence-electron chi connectivity index (χ2n) is 7.19.